The van der Waals surface area contributed by atoms with Gasteiger partial charge in [0.05, 0.1) is 5.69 Å². The Kier molecular flexibility index (Phi) is 7.23. The summed E-state index contributed by atoms with van der Waals surface area (Å²) in [7, 11) is 0. The van der Waals surface area contributed by atoms with Gasteiger partial charge >= 0.3 is 6.01 Å². The quantitative estimate of drug-likeness (QED) is 0.383. The van der Waals surface area contributed by atoms with Crippen molar-refractivity contribution in [3.63, 3.8) is 0 Å². The van der Waals surface area contributed by atoms with Crippen molar-refractivity contribution < 1.29 is 9.13 Å². The van der Waals surface area contributed by atoms with Crippen LogP contribution in [0.2, 0.25) is 0 Å². The molecule has 1 atom stereocenters. The Labute approximate surface area is 217 Å². The van der Waals surface area contributed by atoms with Crippen LogP contribution in [0.5, 0.6) is 11.8 Å². The number of nitrogens with zero attached hydrogens (tertiary/aromatic N) is 5. The third kappa shape index (κ3) is 5.36. The van der Waals surface area contributed by atoms with Crippen molar-refractivity contribution in [3.05, 3.63) is 58.6 Å². The number of likely N-dealkylation sites (N-methyl/N-ethyl adjacent to an activating group) is 1. The van der Waals surface area contributed by atoms with Crippen molar-refractivity contribution >= 4 is 29.6 Å². The third-order valence-electron chi connectivity index (χ3n) is 7.00. The van der Waals surface area contributed by atoms with Crippen LogP contribution in [0.25, 0.3) is 12.2 Å². The van der Waals surface area contributed by atoms with Gasteiger partial charge in [0.2, 0.25) is 0 Å². The number of nitrogens with one attached hydrogen (secondary N) is 2. The average molecular weight is 504 g/mol. The Balaban J connectivity index is 1.45. The van der Waals surface area contributed by atoms with Gasteiger partial charge in [-0.25, -0.2) is 4.39 Å². The first-order valence-electron chi connectivity index (χ1n) is 13.0. The predicted molar refractivity (Wildman–Crippen MR) is 146 cm³/mol. The number of rotatable bonds is 9. The van der Waals surface area contributed by atoms with E-state index in [0.717, 1.165) is 61.7 Å². The topological polar surface area (TPSA) is 82.2 Å². The molecule has 0 amide bonds. The summed E-state index contributed by atoms with van der Waals surface area (Å²) in [5.41, 5.74) is 3.55. The van der Waals surface area contributed by atoms with Gasteiger partial charge in [-0.3, -0.25) is 10.00 Å². The lowest BCUT2D eigenvalue weighted by atomic mass is 10.1. The summed E-state index contributed by atoms with van der Waals surface area (Å²) >= 11 is 0. The molecule has 37 heavy (non-hydrogen) atoms. The molecule has 1 aromatic carbocycles. The van der Waals surface area contributed by atoms with Gasteiger partial charge in [-0.15, -0.1) is 0 Å². The molecule has 1 fully saturated rings. The van der Waals surface area contributed by atoms with Gasteiger partial charge in [0.15, 0.2) is 17.4 Å². The molecule has 8 nitrogen and oxygen atoms in total. The van der Waals surface area contributed by atoms with Gasteiger partial charge in [0, 0.05) is 36.8 Å². The van der Waals surface area contributed by atoms with Crippen molar-refractivity contribution in [2.24, 2.45) is 0 Å². The fourth-order valence-corrected chi connectivity index (χ4v) is 5.17. The van der Waals surface area contributed by atoms with Crippen molar-refractivity contribution in [2.45, 2.75) is 46.6 Å². The normalized spacial score (nSPS) is 17.1. The maximum atomic E-state index is 15.3. The van der Waals surface area contributed by atoms with Crippen LogP contribution in [0.15, 0.2) is 35.9 Å². The largest absolute Gasteiger partial charge is 0.421 e. The smallest absolute Gasteiger partial charge is 0.326 e. The highest BCUT2D eigenvalue weighted by molar-refractivity contribution is 5.66. The molecule has 1 saturated heterocycles. The lowest BCUT2D eigenvalue weighted by Gasteiger charge is -2.26. The SMILES string of the molecule is C/C=C/c1cc(Nc2cc(N3CCC(N(CC)CC)C3)nc(Oc3ccc4c(c3F)C=C(C)C4)n2)n[nH]1. The number of hydrogen-bond acceptors (Lipinski definition) is 7. The highest BCUT2D eigenvalue weighted by Gasteiger charge is 2.28. The number of aromatic amines is 1. The number of H-pyrrole nitrogens is 1. The van der Waals surface area contributed by atoms with Gasteiger partial charge in [-0.1, -0.05) is 37.6 Å². The van der Waals surface area contributed by atoms with E-state index < -0.39 is 0 Å². The Bertz CT molecular complexity index is 1330. The van der Waals surface area contributed by atoms with Crippen LogP contribution in [-0.4, -0.2) is 57.3 Å². The maximum absolute atomic E-state index is 15.3. The maximum Gasteiger partial charge on any atom is 0.326 e. The van der Waals surface area contributed by atoms with E-state index in [4.69, 9.17) is 9.72 Å². The van der Waals surface area contributed by atoms with Crippen LogP contribution in [0.4, 0.5) is 21.8 Å². The third-order valence-corrected chi connectivity index (χ3v) is 7.00. The van der Waals surface area contributed by atoms with Crippen molar-refractivity contribution in [2.75, 3.05) is 36.4 Å². The van der Waals surface area contributed by atoms with E-state index in [1.165, 1.54) is 0 Å². The summed E-state index contributed by atoms with van der Waals surface area (Å²) in [6, 6.07) is 7.91. The monoisotopic (exact) mass is 503 g/mol. The lowest BCUT2D eigenvalue weighted by Crippen LogP contribution is -2.37. The van der Waals surface area contributed by atoms with Crippen LogP contribution in [0, 0.1) is 5.82 Å². The summed E-state index contributed by atoms with van der Waals surface area (Å²) < 4.78 is 21.3. The number of allylic oxidation sites excluding steroid dienone is 2. The van der Waals surface area contributed by atoms with Gasteiger partial charge < -0.3 is 15.0 Å². The zero-order valence-corrected chi connectivity index (χ0v) is 21.9. The van der Waals surface area contributed by atoms with Crippen molar-refractivity contribution in [3.8, 4) is 11.8 Å². The van der Waals surface area contributed by atoms with Crippen LogP contribution >= 0.6 is 0 Å². The number of fused-ring (bicyclic) bond motifs is 1. The molecule has 2 aliphatic rings. The fraction of sp³-hybridized carbons (Fsp3) is 0.393. The molecule has 1 aliphatic heterocycles. The summed E-state index contributed by atoms with van der Waals surface area (Å²) in [5, 5.41) is 10.5. The van der Waals surface area contributed by atoms with E-state index in [0.29, 0.717) is 23.2 Å². The van der Waals surface area contributed by atoms with Gasteiger partial charge in [-0.05, 0) is 57.5 Å². The molecule has 2 N–H and O–H groups in total. The van der Waals surface area contributed by atoms with E-state index >= 15 is 4.39 Å². The number of aromatic nitrogens is 4. The molecule has 0 saturated carbocycles. The molecule has 2 aromatic heterocycles. The number of benzene rings is 1. The molecule has 5 rings (SSSR count). The van der Waals surface area contributed by atoms with Crippen LogP contribution < -0.4 is 15.0 Å². The van der Waals surface area contributed by atoms with Gasteiger partial charge in [0.1, 0.15) is 11.6 Å². The van der Waals surface area contributed by atoms with Crippen LogP contribution in [-0.2, 0) is 6.42 Å². The minimum Gasteiger partial charge on any atom is -0.421 e. The highest BCUT2D eigenvalue weighted by Crippen LogP contribution is 2.35. The van der Waals surface area contributed by atoms with Gasteiger partial charge in [-0.2, -0.15) is 15.1 Å². The number of halogens is 1. The second-order valence-corrected chi connectivity index (χ2v) is 9.56. The van der Waals surface area contributed by atoms with Crippen molar-refractivity contribution in [1.29, 1.82) is 0 Å². The first kappa shape index (κ1) is 25.0. The fourth-order valence-electron chi connectivity index (χ4n) is 5.17. The summed E-state index contributed by atoms with van der Waals surface area (Å²) in [5.74, 6) is 1.62. The Hall–Kier alpha value is -3.72. The van der Waals surface area contributed by atoms with E-state index in [1.807, 2.05) is 50.3 Å². The molecule has 0 bridgehead atoms. The first-order chi connectivity index (χ1) is 18.0. The van der Waals surface area contributed by atoms with Gasteiger partial charge in [0.25, 0.3) is 0 Å². The molecule has 0 spiro atoms. The van der Waals surface area contributed by atoms with E-state index in [2.05, 4.69) is 44.1 Å². The second-order valence-electron chi connectivity index (χ2n) is 9.56. The Morgan fingerprint density at radius 1 is 1.22 bits per heavy atom. The van der Waals surface area contributed by atoms with Crippen LogP contribution in [0.1, 0.15) is 50.9 Å². The second kappa shape index (κ2) is 10.7. The number of ether oxygens (including phenoxy) is 1. The zero-order chi connectivity index (χ0) is 25.9. The van der Waals surface area contributed by atoms with Crippen molar-refractivity contribution in [1.82, 2.24) is 25.1 Å². The molecule has 3 heterocycles. The number of anilines is 3. The van der Waals surface area contributed by atoms with E-state index in [-0.39, 0.29) is 17.6 Å². The Morgan fingerprint density at radius 3 is 2.84 bits per heavy atom. The molecule has 194 valence electrons. The lowest BCUT2D eigenvalue weighted by molar-refractivity contribution is 0.232. The molecular formula is C28H34FN7O. The van der Waals surface area contributed by atoms with E-state index in [1.54, 1.807) is 6.07 Å². The molecule has 1 aliphatic carbocycles. The summed E-state index contributed by atoms with van der Waals surface area (Å²) in [6.07, 6.45) is 7.56. The average Bonchev–Trinajstić information content (AvgIpc) is 3.62. The summed E-state index contributed by atoms with van der Waals surface area (Å²) in [4.78, 5) is 14.0. The summed E-state index contributed by atoms with van der Waals surface area (Å²) in [6.45, 7) is 12.1. The zero-order valence-electron chi connectivity index (χ0n) is 21.9. The Morgan fingerprint density at radius 2 is 2.05 bits per heavy atom. The molecule has 9 heteroatoms. The molecule has 1 unspecified atom stereocenters. The molecule has 0 radical (unpaired) electrons. The highest BCUT2D eigenvalue weighted by atomic mass is 19.1. The number of hydrogen-bond donors (Lipinski definition) is 2. The van der Waals surface area contributed by atoms with E-state index in [9.17, 15) is 0 Å². The minimum absolute atomic E-state index is 0.0908. The molecular weight excluding hydrogens is 469 g/mol. The first-order valence-corrected chi connectivity index (χ1v) is 13.0. The standard InChI is InChI=1S/C28H34FN7O/c1-5-8-20-15-25(34-33-20)30-24-16-26(36-12-11-21(17-36)35(6-2)7-3)32-28(31-24)37-23-10-9-19-13-18(4)14-22(19)27(23)29/h5,8-10,14-16,21H,6-7,11-13,17H2,1-4H3,(H2,30,31,32,33,34)/b8-5+. The molecule has 3 aromatic rings. The van der Waals surface area contributed by atoms with Crippen LogP contribution in [0.3, 0.4) is 0 Å². The predicted octanol–water partition coefficient (Wildman–Crippen LogP) is 5.79. The minimum atomic E-state index is -0.385.